The molecule has 0 aromatic heterocycles. The van der Waals surface area contributed by atoms with Gasteiger partial charge in [-0.25, -0.2) is 4.79 Å². The van der Waals surface area contributed by atoms with E-state index in [1.807, 2.05) is 0 Å². The lowest BCUT2D eigenvalue weighted by molar-refractivity contribution is 0.115. The lowest BCUT2D eigenvalue weighted by Gasteiger charge is -2.25. The number of phenols is 1. The fourth-order valence-electron chi connectivity index (χ4n) is 1.78. The van der Waals surface area contributed by atoms with Crippen LogP contribution < -0.4 is 10.1 Å². The maximum absolute atomic E-state index is 11.2. The molecule has 1 atom stereocenters. The van der Waals surface area contributed by atoms with Gasteiger partial charge in [0.05, 0.1) is 24.2 Å². The molecular formula is C11H11Br2NO4. The van der Waals surface area contributed by atoms with Gasteiger partial charge >= 0.3 is 6.09 Å². The number of rotatable bonds is 2. The number of benzene rings is 1. The average molecular weight is 381 g/mol. The standard InChI is InChI=1S/C11H11Br2NO4/c1-17-7-4-5(8(12)9(13)10(7)15)6-2-3-18-11(16)14-6/h4,6,15H,2-3H2,1H3,(H,14,16)/t6-/m0/s1. The molecule has 18 heavy (non-hydrogen) atoms. The van der Waals surface area contributed by atoms with Crippen LogP contribution in [0, 0.1) is 0 Å². The number of methoxy groups -OCH3 is 1. The van der Waals surface area contributed by atoms with E-state index >= 15 is 0 Å². The number of hydrogen-bond donors (Lipinski definition) is 2. The zero-order valence-electron chi connectivity index (χ0n) is 9.50. The van der Waals surface area contributed by atoms with Crippen molar-refractivity contribution in [1.29, 1.82) is 0 Å². The number of phenolic OH excluding ortho intramolecular Hbond substituents is 1. The summed E-state index contributed by atoms with van der Waals surface area (Å²) < 4.78 is 11.1. The van der Waals surface area contributed by atoms with E-state index in [2.05, 4.69) is 37.2 Å². The number of halogens is 2. The number of carbonyl (C=O) groups is 1. The van der Waals surface area contributed by atoms with Crippen LogP contribution in [-0.4, -0.2) is 24.9 Å². The van der Waals surface area contributed by atoms with E-state index in [0.717, 1.165) is 5.56 Å². The summed E-state index contributed by atoms with van der Waals surface area (Å²) in [5.74, 6) is 0.368. The smallest absolute Gasteiger partial charge is 0.407 e. The average Bonchev–Trinajstić information content (AvgIpc) is 2.36. The Balaban J connectivity index is 2.43. The van der Waals surface area contributed by atoms with Gasteiger partial charge in [-0.1, -0.05) is 0 Å². The van der Waals surface area contributed by atoms with Crippen molar-refractivity contribution in [1.82, 2.24) is 5.32 Å². The molecule has 2 N–H and O–H groups in total. The van der Waals surface area contributed by atoms with Crippen LogP contribution in [0.4, 0.5) is 4.79 Å². The van der Waals surface area contributed by atoms with Gasteiger partial charge in [-0.15, -0.1) is 0 Å². The number of alkyl carbamates (subject to hydrolysis) is 1. The number of hydrogen-bond acceptors (Lipinski definition) is 4. The minimum atomic E-state index is -0.443. The zero-order chi connectivity index (χ0) is 13.3. The summed E-state index contributed by atoms with van der Waals surface area (Å²) >= 11 is 6.68. The van der Waals surface area contributed by atoms with Crippen molar-refractivity contribution in [2.24, 2.45) is 0 Å². The number of nitrogens with one attached hydrogen (secondary N) is 1. The number of cyclic esters (lactones) is 1. The first-order valence-electron chi connectivity index (χ1n) is 5.22. The SMILES string of the molecule is COc1cc([C@@H]2CCOC(=O)N2)c(Br)c(Br)c1O. The van der Waals surface area contributed by atoms with Gasteiger partial charge in [0.25, 0.3) is 0 Å². The van der Waals surface area contributed by atoms with Crippen molar-refractivity contribution in [2.75, 3.05) is 13.7 Å². The number of carbonyl (C=O) groups excluding carboxylic acids is 1. The van der Waals surface area contributed by atoms with Gasteiger partial charge in [0.1, 0.15) is 0 Å². The summed E-state index contributed by atoms with van der Waals surface area (Å²) in [6.45, 7) is 0.365. The minimum Gasteiger partial charge on any atom is -0.503 e. The Bertz CT molecular complexity index is 492. The summed E-state index contributed by atoms with van der Waals surface area (Å²) in [6.07, 6.45) is 0.214. The summed E-state index contributed by atoms with van der Waals surface area (Å²) in [5.41, 5.74) is 0.827. The van der Waals surface area contributed by atoms with Crippen molar-refractivity contribution in [3.05, 3.63) is 20.6 Å². The Morgan fingerprint density at radius 3 is 2.83 bits per heavy atom. The Hall–Kier alpha value is -0.950. The Morgan fingerprint density at radius 1 is 1.50 bits per heavy atom. The minimum absolute atomic E-state index is 0.0199. The second-order valence-electron chi connectivity index (χ2n) is 3.77. The molecule has 0 radical (unpaired) electrons. The quantitative estimate of drug-likeness (QED) is 0.827. The molecule has 1 saturated heterocycles. The molecule has 98 valence electrons. The van der Waals surface area contributed by atoms with Crippen molar-refractivity contribution in [3.8, 4) is 11.5 Å². The van der Waals surface area contributed by atoms with Gasteiger partial charge < -0.3 is 19.9 Å². The molecule has 1 aromatic rings. The van der Waals surface area contributed by atoms with Gasteiger partial charge in [0.2, 0.25) is 0 Å². The van der Waals surface area contributed by atoms with Crippen LogP contribution >= 0.6 is 31.9 Å². The number of amides is 1. The third kappa shape index (κ3) is 2.42. The number of ether oxygens (including phenoxy) is 2. The summed E-state index contributed by atoms with van der Waals surface area (Å²) in [7, 11) is 1.47. The van der Waals surface area contributed by atoms with Crippen molar-refractivity contribution in [2.45, 2.75) is 12.5 Å². The molecule has 1 aliphatic heterocycles. The predicted octanol–water partition coefficient (Wildman–Crippen LogP) is 3.10. The molecule has 0 saturated carbocycles. The maximum Gasteiger partial charge on any atom is 0.407 e. The fraction of sp³-hybridized carbons (Fsp3) is 0.364. The molecule has 1 amide bonds. The summed E-state index contributed by atoms with van der Waals surface area (Å²) in [5, 5.41) is 12.6. The third-order valence-corrected chi connectivity index (χ3v) is 4.86. The molecule has 1 aliphatic rings. The molecule has 2 rings (SSSR count). The van der Waals surface area contributed by atoms with Gasteiger partial charge in [0.15, 0.2) is 11.5 Å². The second kappa shape index (κ2) is 5.36. The van der Waals surface area contributed by atoms with Crippen LogP contribution in [-0.2, 0) is 4.74 Å². The fourth-order valence-corrected chi connectivity index (χ4v) is 2.78. The van der Waals surface area contributed by atoms with Gasteiger partial charge in [-0.05, 0) is 43.5 Å². The summed E-state index contributed by atoms with van der Waals surface area (Å²) in [4.78, 5) is 11.2. The predicted molar refractivity (Wildman–Crippen MR) is 71.9 cm³/mol. The lowest BCUT2D eigenvalue weighted by atomic mass is 10.0. The van der Waals surface area contributed by atoms with Gasteiger partial charge in [-0.2, -0.15) is 0 Å². The molecular weight excluding hydrogens is 370 g/mol. The largest absolute Gasteiger partial charge is 0.503 e. The Morgan fingerprint density at radius 2 is 2.22 bits per heavy atom. The van der Waals surface area contributed by atoms with Crippen LogP contribution in [0.2, 0.25) is 0 Å². The van der Waals surface area contributed by atoms with Crippen LogP contribution in [0.5, 0.6) is 11.5 Å². The second-order valence-corrected chi connectivity index (χ2v) is 5.35. The zero-order valence-corrected chi connectivity index (χ0v) is 12.7. The monoisotopic (exact) mass is 379 g/mol. The highest BCUT2D eigenvalue weighted by Gasteiger charge is 2.26. The van der Waals surface area contributed by atoms with E-state index < -0.39 is 6.09 Å². The molecule has 0 spiro atoms. The first kappa shape index (κ1) is 13.5. The van der Waals surface area contributed by atoms with E-state index in [9.17, 15) is 9.90 Å². The van der Waals surface area contributed by atoms with Crippen molar-refractivity contribution in [3.63, 3.8) is 0 Å². The molecule has 0 aliphatic carbocycles. The van der Waals surface area contributed by atoms with Crippen molar-refractivity contribution < 1.29 is 19.4 Å². The Kier molecular flexibility index (Phi) is 4.01. The lowest BCUT2D eigenvalue weighted by Crippen LogP contribution is -2.35. The van der Waals surface area contributed by atoms with Crippen LogP contribution in [0.15, 0.2) is 15.0 Å². The summed E-state index contributed by atoms with van der Waals surface area (Å²) in [6, 6.07) is 1.52. The molecule has 1 fully saturated rings. The highest BCUT2D eigenvalue weighted by atomic mass is 79.9. The highest BCUT2D eigenvalue weighted by molar-refractivity contribution is 9.13. The highest BCUT2D eigenvalue weighted by Crippen LogP contribution is 2.44. The van der Waals surface area contributed by atoms with Crippen molar-refractivity contribution >= 4 is 38.0 Å². The first-order valence-corrected chi connectivity index (χ1v) is 6.81. The van der Waals surface area contributed by atoms with E-state index in [0.29, 0.717) is 27.7 Å². The van der Waals surface area contributed by atoms with E-state index in [1.165, 1.54) is 7.11 Å². The van der Waals surface area contributed by atoms with Crippen LogP contribution in [0.25, 0.3) is 0 Å². The van der Waals surface area contributed by atoms with E-state index in [-0.39, 0.29) is 11.8 Å². The first-order chi connectivity index (χ1) is 8.54. The van der Waals surface area contributed by atoms with Crippen LogP contribution in [0.1, 0.15) is 18.0 Å². The Labute approximate surface area is 121 Å². The molecule has 0 bridgehead atoms. The molecule has 1 aromatic carbocycles. The van der Waals surface area contributed by atoms with Gasteiger partial charge in [0, 0.05) is 10.9 Å². The third-order valence-electron chi connectivity index (χ3n) is 2.70. The topological polar surface area (TPSA) is 67.8 Å². The normalized spacial score (nSPS) is 19.1. The van der Waals surface area contributed by atoms with E-state index in [4.69, 9.17) is 9.47 Å². The molecule has 1 heterocycles. The van der Waals surface area contributed by atoms with Gasteiger partial charge in [-0.3, -0.25) is 0 Å². The van der Waals surface area contributed by atoms with Crippen LogP contribution in [0.3, 0.4) is 0 Å². The molecule has 0 unspecified atom stereocenters. The molecule has 5 nitrogen and oxygen atoms in total. The molecule has 7 heteroatoms. The maximum atomic E-state index is 11.2. The van der Waals surface area contributed by atoms with E-state index in [1.54, 1.807) is 6.07 Å². The number of aromatic hydroxyl groups is 1.